The molecule has 0 atom stereocenters. The molecule has 1 heterocycles. The number of aliphatic hydroxyl groups excluding tert-OH is 1. The Bertz CT molecular complexity index is 408. The van der Waals surface area contributed by atoms with Gasteiger partial charge in [0, 0.05) is 13.2 Å². The topological polar surface area (TPSA) is 62.2 Å². The third-order valence-corrected chi connectivity index (χ3v) is 2.90. The van der Waals surface area contributed by atoms with Gasteiger partial charge in [0.2, 0.25) is 0 Å². The number of carbonyl (C=O) groups is 1. The van der Waals surface area contributed by atoms with Gasteiger partial charge >= 0.3 is 0 Å². The van der Waals surface area contributed by atoms with E-state index in [1.165, 1.54) is 0 Å². The monoisotopic (exact) mass is 270 g/mol. The van der Waals surface area contributed by atoms with Crippen LogP contribution >= 0.6 is 11.6 Å². The Hall–Kier alpha value is -1.13. The Morgan fingerprint density at radius 3 is 2.83 bits per heavy atom. The molecular weight excluding hydrogens is 252 g/mol. The molecule has 100 valence electrons. The summed E-state index contributed by atoms with van der Waals surface area (Å²) in [4.78, 5) is 15.8. The van der Waals surface area contributed by atoms with Gasteiger partial charge in [-0.05, 0) is 30.4 Å². The van der Waals surface area contributed by atoms with Crippen LogP contribution in [0.1, 0.15) is 37.2 Å². The summed E-state index contributed by atoms with van der Waals surface area (Å²) in [6.07, 6.45) is 1.59. The number of hydrogen-bond donors (Lipinski definition) is 2. The average molecular weight is 271 g/mol. The number of nitrogens with one attached hydrogen (secondary N) is 1. The molecule has 0 radical (unpaired) electrons. The van der Waals surface area contributed by atoms with Crippen molar-refractivity contribution in [2.75, 3.05) is 13.2 Å². The zero-order chi connectivity index (χ0) is 13.6. The van der Waals surface area contributed by atoms with Crippen LogP contribution in [0, 0.1) is 5.41 Å². The number of carbonyl (C=O) groups excluding carboxylic acids is 1. The average Bonchev–Trinajstić information content (AvgIpc) is 2.34. The van der Waals surface area contributed by atoms with Gasteiger partial charge in [-0.1, -0.05) is 31.5 Å². The molecule has 2 N–H and O–H groups in total. The molecule has 0 saturated heterocycles. The van der Waals surface area contributed by atoms with E-state index >= 15 is 0 Å². The van der Waals surface area contributed by atoms with Crippen molar-refractivity contribution >= 4 is 17.5 Å². The third-order valence-electron chi connectivity index (χ3n) is 2.69. The quantitative estimate of drug-likeness (QED) is 0.780. The first-order chi connectivity index (χ1) is 8.44. The molecule has 4 nitrogen and oxygen atoms in total. The van der Waals surface area contributed by atoms with E-state index in [0.29, 0.717) is 17.4 Å². The number of aromatic nitrogens is 1. The second-order valence-electron chi connectivity index (χ2n) is 5.02. The number of aliphatic hydroxyl groups is 1. The summed E-state index contributed by atoms with van der Waals surface area (Å²) in [6, 6.07) is 4.95. The van der Waals surface area contributed by atoms with Gasteiger partial charge in [-0.25, -0.2) is 4.98 Å². The Morgan fingerprint density at radius 2 is 2.22 bits per heavy atom. The van der Waals surface area contributed by atoms with Gasteiger partial charge in [-0.3, -0.25) is 4.79 Å². The van der Waals surface area contributed by atoms with E-state index in [-0.39, 0.29) is 17.9 Å². The van der Waals surface area contributed by atoms with Crippen LogP contribution in [0.2, 0.25) is 5.15 Å². The molecular formula is C13H19ClN2O2. The third kappa shape index (κ3) is 5.02. The predicted molar refractivity (Wildman–Crippen MR) is 71.7 cm³/mol. The van der Waals surface area contributed by atoms with Crippen LogP contribution in [0.5, 0.6) is 0 Å². The van der Waals surface area contributed by atoms with E-state index in [2.05, 4.69) is 10.3 Å². The molecule has 0 fully saturated rings. The van der Waals surface area contributed by atoms with Gasteiger partial charge in [-0.15, -0.1) is 0 Å². The lowest BCUT2D eigenvalue weighted by Crippen LogP contribution is -2.34. The van der Waals surface area contributed by atoms with Crippen molar-refractivity contribution in [3.63, 3.8) is 0 Å². The Balaban J connectivity index is 2.50. The summed E-state index contributed by atoms with van der Waals surface area (Å²) in [7, 11) is 0. The van der Waals surface area contributed by atoms with Crippen molar-refractivity contribution in [2.45, 2.75) is 26.7 Å². The highest BCUT2D eigenvalue weighted by molar-refractivity contribution is 6.29. The first kappa shape index (κ1) is 14.9. The lowest BCUT2D eigenvalue weighted by atomic mass is 9.88. The minimum absolute atomic E-state index is 0.0447. The number of pyridine rings is 1. The zero-order valence-electron chi connectivity index (χ0n) is 10.7. The minimum atomic E-state index is -0.227. The zero-order valence-corrected chi connectivity index (χ0v) is 11.5. The lowest BCUT2D eigenvalue weighted by molar-refractivity contribution is 0.0928. The molecule has 18 heavy (non-hydrogen) atoms. The first-order valence-corrected chi connectivity index (χ1v) is 6.34. The second kappa shape index (κ2) is 6.71. The standard InChI is InChI=1S/C13H19ClN2O2/c1-13(2,7-4-8-17)9-15-12(18)10-5-3-6-11(14)16-10/h3,5-6,17H,4,7-9H2,1-2H3,(H,15,18). The van der Waals surface area contributed by atoms with Crippen LogP contribution in [-0.2, 0) is 0 Å². The molecule has 0 spiro atoms. The number of halogens is 1. The van der Waals surface area contributed by atoms with Gasteiger partial charge < -0.3 is 10.4 Å². The maximum Gasteiger partial charge on any atom is 0.269 e. The van der Waals surface area contributed by atoms with Crippen molar-refractivity contribution in [2.24, 2.45) is 5.41 Å². The van der Waals surface area contributed by atoms with Gasteiger partial charge in [-0.2, -0.15) is 0 Å². The fourth-order valence-corrected chi connectivity index (χ4v) is 1.75. The summed E-state index contributed by atoms with van der Waals surface area (Å²) in [5.41, 5.74) is 0.275. The van der Waals surface area contributed by atoms with Crippen molar-refractivity contribution < 1.29 is 9.90 Å². The molecule has 0 unspecified atom stereocenters. The van der Waals surface area contributed by atoms with Gasteiger partial charge in [0.05, 0.1) is 0 Å². The van der Waals surface area contributed by atoms with E-state index in [9.17, 15) is 4.79 Å². The van der Waals surface area contributed by atoms with E-state index in [4.69, 9.17) is 16.7 Å². The molecule has 0 aliphatic rings. The summed E-state index contributed by atoms with van der Waals surface area (Å²) < 4.78 is 0. The lowest BCUT2D eigenvalue weighted by Gasteiger charge is -2.24. The molecule has 0 aliphatic heterocycles. The van der Waals surface area contributed by atoms with Crippen molar-refractivity contribution in [1.29, 1.82) is 0 Å². The van der Waals surface area contributed by atoms with E-state index in [1.54, 1.807) is 18.2 Å². The highest BCUT2D eigenvalue weighted by Gasteiger charge is 2.19. The summed E-state index contributed by atoms with van der Waals surface area (Å²) in [5.74, 6) is -0.227. The number of nitrogens with zero attached hydrogens (tertiary/aromatic N) is 1. The maximum absolute atomic E-state index is 11.8. The van der Waals surface area contributed by atoms with Crippen LogP contribution in [-0.4, -0.2) is 29.1 Å². The van der Waals surface area contributed by atoms with Crippen LogP contribution in [0.3, 0.4) is 0 Å². The molecule has 0 bridgehead atoms. The Labute approximate surface area is 112 Å². The molecule has 1 aromatic heterocycles. The number of rotatable bonds is 6. The van der Waals surface area contributed by atoms with Crippen LogP contribution in [0.4, 0.5) is 0 Å². The van der Waals surface area contributed by atoms with Gasteiger partial charge in [0.25, 0.3) is 5.91 Å². The molecule has 0 aliphatic carbocycles. The smallest absolute Gasteiger partial charge is 0.269 e. The number of hydrogen-bond acceptors (Lipinski definition) is 3. The molecule has 1 amide bonds. The van der Waals surface area contributed by atoms with Crippen LogP contribution in [0.25, 0.3) is 0 Å². The highest BCUT2D eigenvalue weighted by Crippen LogP contribution is 2.20. The van der Waals surface area contributed by atoms with E-state index < -0.39 is 0 Å². The Morgan fingerprint density at radius 1 is 1.50 bits per heavy atom. The SMILES string of the molecule is CC(C)(CCCO)CNC(=O)c1cccc(Cl)n1. The second-order valence-corrected chi connectivity index (χ2v) is 5.41. The molecule has 5 heteroatoms. The fraction of sp³-hybridized carbons (Fsp3) is 0.538. The Kier molecular flexibility index (Phi) is 5.56. The molecule has 0 saturated carbocycles. The predicted octanol–water partition coefficient (Wildman–Crippen LogP) is 2.26. The largest absolute Gasteiger partial charge is 0.396 e. The normalized spacial score (nSPS) is 11.3. The van der Waals surface area contributed by atoms with Crippen molar-refractivity contribution in [1.82, 2.24) is 10.3 Å². The van der Waals surface area contributed by atoms with E-state index in [0.717, 1.165) is 12.8 Å². The fourth-order valence-electron chi connectivity index (χ4n) is 1.59. The van der Waals surface area contributed by atoms with Gasteiger partial charge in [0.1, 0.15) is 10.8 Å². The maximum atomic E-state index is 11.8. The van der Waals surface area contributed by atoms with Crippen molar-refractivity contribution in [3.05, 3.63) is 29.0 Å². The first-order valence-electron chi connectivity index (χ1n) is 5.96. The summed E-state index contributed by atoms with van der Waals surface area (Å²) in [6.45, 7) is 4.82. The summed E-state index contributed by atoms with van der Waals surface area (Å²) >= 11 is 5.73. The van der Waals surface area contributed by atoms with Crippen LogP contribution < -0.4 is 5.32 Å². The minimum Gasteiger partial charge on any atom is -0.396 e. The molecule has 1 rings (SSSR count). The van der Waals surface area contributed by atoms with E-state index in [1.807, 2.05) is 13.8 Å². The van der Waals surface area contributed by atoms with Gasteiger partial charge in [0.15, 0.2) is 0 Å². The molecule has 1 aromatic rings. The summed E-state index contributed by atoms with van der Waals surface area (Å²) in [5, 5.41) is 11.9. The van der Waals surface area contributed by atoms with Crippen LogP contribution in [0.15, 0.2) is 18.2 Å². The number of amides is 1. The van der Waals surface area contributed by atoms with Crippen molar-refractivity contribution in [3.8, 4) is 0 Å². The highest BCUT2D eigenvalue weighted by atomic mass is 35.5. The molecule has 0 aromatic carbocycles.